The van der Waals surface area contributed by atoms with Crippen LogP contribution in [0, 0.1) is 0 Å². The van der Waals surface area contributed by atoms with Crippen LogP contribution in [-0.4, -0.2) is 31.1 Å². The number of amides is 1. The molecule has 0 saturated heterocycles. The Labute approximate surface area is 142 Å². The van der Waals surface area contributed by atoms with E-state index < -0.39 is 6.10 Å². The van der Waals surface area contributed by atoms with E-state index in [1.165, 1.54) is 11.3 Å². The average Bonchev–Trinajstić information content (AvgIpc) is 3.23. The van der Waals surface area contributed by atoms with Gasteiger partial charge in [-0.05, 0) is 36.6 Å². The van der Waals surface area contributed by atoms with Gasteiger partial charge in [0.05, 0.1) is 0 Å². The molecule has 0 saturated carbocycles. The van der Waals surface area contributed by atoms with Gasteiger partial charge in [-0.25, -0.2) is 0 Å². The van der Waals surface area contributed by atoms with E-state index in [1.807, 2.05) is 24.3 Å². The first-order valence-electron chi connectivity index (χ1n) is 8.59. The first-order chi connectivity index (χ1) is 11.7. The third kappa shape index (κ3) is 2.73. The van der Waals surface area contributed by atoms with Crippen molar-refractivity contribution < 1.29 is 9.53 Å². The summed E-state index contributed by atoms with van der Waals surface area (Å²) < 4.78 is 5.76. The van der Waals surface area contributed by atoms with Crippen LogP contribution >= 0.6 is 0 Å². The zero-order chi connectivity index (χ0) is 16.5. The number of para-hydroxylation sites is 2. The molecule has 4 rings (SSSR count). The van der Waals surface area contributed by atoms with Crippen LogP contribution in [0.15, 0.2) is 48.5 Å². The predicted octanol–water partition coefficient (Wildman–Crippen LogP) is 2.56. The SMILES string of the molecule is C[C@@H](CNC(=O)[C@@H]1Cc2ccccc2O1)N1CCc2ccccc21. The number of anilines is 1. The number of fused-ring (bicyclic) bond motifs is 2. The zero-order valence-corrected chi connectivity index (χ0v) is 13.9. The molecule has 124 valence electrons. The van der Waals surface area contributed by atoms with Gasteiger partial charge in [-0.3, -0.25) is 4.79 Å². The highest BCUT2D eigenvalue weighted by Gasteiger charge is 2.29. The number of carbonyl (C=O) groups excluding carboxylic acids is 1. The van der Waals surface area contributed by atoms with Crippen LogP contribution in [0.25, 0.3) is 0 Å². The van der Waals surface area contributed by atoms with Gasteiger partial charge in [0.1, 0.15) is 5.75 Å². The highest BCUT2D eigenvalue weighted by molar-refractivity contribution is 5.82. The van der Waals surface area contributed by atoms with E-state index in [1.54, 1.807) is 0 Å². The van der Waals surface area contributed by atoms with E-state index in [2.05, 4.69) is 41.4 Å². The summed E-state index contributed by atoms with van der Waals surface area (Å²) in [6, 6.07) is 16.6. The zero-order valence-electron chi connectivity index (χ0n) is 13.9. The lowest BCUT2D eigenvalue weighted by atomic mass is 10.1. The molecule has 24 heavy (non-hydrogen) atoms. The molecule has 0 fully saturated rings. The van der Waals surface area contributed by atoms with Crippen molar-refractivity contribution in [2.75, 3.05) is 18.0 Å². The second-order valence-electron chi connectivity index (χ2n) is 6.58. The smallest absolute Gasteiger partial charge is 0.261 e. The lowest BCUT2D eigenvalue weighted by Gasteiger charge is -2.28. The van der Waals surface area contributed by atoms with Gasteiger partial charge >= 0.3 is 0 Å². The van der Waals surface area contributed by atoms with Crippen LogP contribution in [0.3, 0.4) is 0 Å². The second-order valence-corrected chi connectivity index (χ2v) is 6.58. The Hall–Kier alpha value is -2.49. The molecule has 2 atom stereocenters. The van der Waals surface area contributed by atoms with Crippen molar-refractivity contribution in [1.82, 2.24) is 5.32 Å². The molecule has 1 N–H and O–H groups in total. The molecule has 0 spiro atoms. The molecule has 0 bridgehead atoms. The molecule has 0 aromatic heterocycles. The van der Waals surface area contributed by atoms with E-state index in [9.17, 15) is 4.79 Å². The minimum atomic E-state index is -0.402. The third-order valence-electron chi connectivity index (χ3n) is 4.97. The van der Waals surface area contributed by atoms with Crippen LogP contribution in [-0.2, 0) is 17.6 Å². The quantitative estimate of drug-likeness (QED) is 0.940. The summed E-state index contributed by atoms with van der Waals surface area (Å²) in [5, 5.41) is 3.06. The normalized spacial score (nSPS) is 19.4. The fraction of sp³-hybridized carbons (Fsp3) is 0.350. The first kappa shape index (κ1) is 15.1. The Morgan fingerprint density at radius 2 is 1.96 bits per heavy atom. The van der Waals surface area contributed by atoms with Crippen LogP contribution in [0.4, 0.5) is 5.69 Å². The largest absolute Gasteiger partial charge is 0.480 e. The van der Waals surface area contributed by atoms with Gasteiger partial charge in [-0.1, -0.05) is 36.4 Å². The number of carbonyl (C=O) groups is 1. The lowest BCUT2D eigenvalue weighted by Crippen LogP contribution is -2.45. The van der Waals surface area contributed by atoms with E-state index in [0.717, 1.165) is 24.3 Å². The summed E-state index contributed by atoms with van der Waals surface area (Å²) >= 11 is 0. The van der Waals surface area contributed by atoms with Crippen LogP contribution in [0.1, 0.15) is 18.1 Å². The Kier molecular flexibility index (Phi) is 3.89. The summed E-state index contributed by atoms with van der Waals surface area (Å²) in [7, 11) is 0. The first-order valence-corrected chi connectivity index (χ1v) is 8.59. The number of hydrogen-bond acceptors (Lipinski definition) is 3. The van der Waals surface area contributed by atoms with E-state index in [4.69, 9.17) is 4.74 Å². The fourth-order valence-corrected chi connectivity index (χ4v) is 3.62. The number of nitrogens with one attached hydrogen (secondary N) is 1. The van der Waals surface area contributed by atoms with Crippen molar-refractivity contribution in [1.29, 1.82) is 0 Å². The number of nitrogens with zero attached hydrogens (tertiary/aromatic N) is 1. The second kappa shape index (κ2) is 6.19. The monoisotopic (exact) mass is 322 g/mol. The fourth-order valence-electron chi connectivity index (χ4n) is 3.62. The van der Waals surface area contributed by atoms with Crippen molar-refractivity contribution in [2.45, 2.75) is 31.9 Å². The minimum absolute atomic E-state index is 0.0227. The highest BCUT2D eigenvalue weighted by atomic mass is 16.5. The molecule has 0 unspecified atom stereocenters. The van der Waals surface area contributed by atoms with Crippen molar-refractivity contribution in [3.8, 4) is 5.75 Å². The standard InChI is InChI=1S/C20H22N2O2/c1-14(22-11-10-15-6-2-4-8-17(15)22)13-21-20(23)19-12-16-7-3-5-9-18(16)24-19/h2-9,14,19H,10-13H2,1H3,(H,21,23)/t14-,19-/m0/s1. The van der Waals surface area contributed by atoms with Crippen molar-refractivity contribution >= 4 is 11.6 Å². The van der Waals surface area contributed by atoms with Gasteiger partial charge in [0.25, 0.3) is 5.91 Å². The Balaban J connectivity index is 1.34. The molecular formula is C20H22N2O2. The number of benzene rings is 2. The van der Waals surface area contributed by atoms with Crippen LogP contribution in [0.5, 0.6) is 5.75 Å². The van der Waals surface area contributed by atoms with Crippen molar-refractivity contribution in [3.05, 3.63) is 59.7 Å². The van der Waals surface area contributed by atoms with Gasteiger partial charge in [-0.2, -0.15) is 0 Å². The average molecular weight is 322 g/mol. The molecule has 2 aromatic carbocycles. The van der Waals surface area contributed by atoms with Gasteiger partial charge in [0.2, 0.25) is 0 Å². The molecule has 0 aliphatic carbocycles. The highest BCUT2D eigenvalue weighted by Crippen LogP contribution is 2.30. The van der Waals surface area contributed by atoms with E-state index in [0.29, 0.717) is 13.0 Å². The molecule has 4 heteroatoms. The van der Waals surface area contributed by atoms with Crippen LogP contribution < -0.4 is 15.0 Å². The van der Waals surface area contributed by atoms with Crippen LogP contribution in [0.2, 0.25) is 0 Å². The molecule has 2 aliphatic heterocycles. The van der Waals surface area contributed by atoms with E-state index >= 15 is 0 Å². The Bertz CT molecular complexity index is 734. The summed E-state index contributed by atoms with van der Waals surface area (Å²) in [5.74, 6) is 0.810. The molecule has 0 radical (unpaired) electrons. The van der Waals surface area contributed by atoms with Crippen molar-refractivity contribution in [3.63, 3.8) is 0 Å². The summed E-state index contributed by atoms with van der Waals surface area (Å²) in [5.41, 5.74) is 3.80. The lowest BCUT2D eigenvalue weighted by molar-refractivity contribution is -0.127. The van der Waals surface area contributed by atoms with Gasteiger partial charge in [0.15, 0.2) is 6.10 Å². The molecule has 2 aliphatic rings. The number of hydrogen-bond donors (Lipinski definition) is 1. The van der Waals surface area contributed by atoms with Gasteiger partial charge in [0, 0.05) is 31.2 Å². The third-order valence-corrected chi connectivity index (χ3v) is 4.97. The molecular weight excluding hydrogens is 300 g/mol. The summed E-state index contributed by atoms with van der Waals surface area (Å²) in [6.45, 7) is 3.80. The van der Waals surface area contributed by atoms with Gasteiger partial charge in [-0.15, -0.1) is 0 Å². The van der Waals surface area contributed by atoms with Crippen molar-refractivity contribution in [2.24, 2.45) is 0 Å². The summed E-state index contributed by atoms with van der Waals surface area (Å²) in [4.78, 5) is 14.8. The van der Waals surface area contributed by atoms with Gasteiger partial charge < -0.3 is 15.0 Å². The Morgan fingerprint density at radius 3 is 2.79 bits per heavy atom. The maximum Gasteiger partial charge on any atom is 0.261 e. The maximum atomic E-state index is 12.4. The minimum Gasteiger partial charge on any atom is -0.480 e. The molecule has 4 nitrogen and oxygen atoms in total. The Morgan fingerprint density at radius 1 is 1.21 bits per heavy atom. The molecule has 2 aromatic rings. The topological polar surface area (TPSA) is 41.6 Å². The predicted molar refractivity (Wildman–Crippen MR) is 94.5 cm³/mol. The number of rotatable bonds is 4. The number of ether oxygens (including phenoxy) is 1. The molecule has 1 amide bonds. The summed E-state index contributed by atoms with van der Waals surface area (Å²) in [6.07, 6.45) is 1.33. The molecule has 2 heterocycles. The maximum absolute atomic E-state index is 12.4. The van der Waals surface area contributed by atoms with E-state index in [-0.39, 0.29) is 11.9 Å².